The Balaban J connectivity index is 2.06. The normalized spacial score (nSPS) is 11.5. The van der Waals surface area contributed by atoms with Gasteiger partial charge in [-0.2, -0.15) is 0 Å². The van der Waals surface area contributed by atoms with E-state index in [1.807, 2.05) is 43.3 Å². The van der Waals surface area contributed by atoms with Crippen molar-refractivity contribution in [3.05, 3.63) is 47.5 Å². The number of ether oxygens (including phenoxy) is 1. The number of aliphatic hydroxyl groups is 1. The van der Waals surface area contributed by atoms with Crippen LogP contribution in [0.15, 0.2) is 41.3 Å². The predicted molar refractivity (Wildman–Crippen MR) is 113 cm³/mol. The molecule has 1 N–H and O–H groups in total. The van der Waals surface area contributed by atoms with Crippen LogP contribution in [-0.4, -0.2) is 19.1 Å². The summed E-state index contributed by atoms with van der Waals surface area (Å²) in [5.74, 6) is 0.445. The van der Waals surface area contributed by atoms with E-state index in [4.69, 9.17) is 4.74 Å². The van der Waals surface area contributed by atoms with E-state index >= 15 is 0 Å². The van der Waals surface area contributed by atoms with E-state index in [1.54, 1.807) is 0 Å². The van der Waals surface area contributed by atoms with Gasteiger partial charge in [0.2, 0.25) is 0 Å². The zero-order chi connectivity index (χ0) is 19.3. The molecule has 0 spiro atoms. The highest BCUT2D eigenvalue weighted by Gasteiger charge is 2.15. The number of carbonyl (C=O) groups excluding carboxylic acids is 1. The Morgan fingerprint density at radius 1 is 1.15 bits per heavy atom. The number of rotatable bonds is 7. The van der Waals surface area contributed by atoms with Gasteiger partial charge in [-0.05, 0) is 53.8 Å². The molecule has 0 aliphatic carbocycles. The Morgan fingerprint density at radius 2 is 1.88 bits per heavy atom. The lowest BCUT2D eigenvalue weighted by Gasteiger charge is -2.15. The second kappa shape index (κ2) is 8.89. The van der Waals surface area contributed by atoms with Gasteiger partial charge in [0.25, 0.3) is 0 Å². The highest BCUT2D eigenvalue weighted by atomic mass is 32.1. The summed E-state index contributed by atoms with van der Waals surface area (Å²) in [6.45, 7) is 8.87. The summed E-state index contributed by atoms with van der Waals surface area (Å²) in [6, 6.07) is 12.6. The molecule has 0 saturated heterocycles. The first-order valence-electron chi connectivity index (χ1n) is 8.94. The Bertz CT molecular complexity index is 781. The molecular weight excluding hydrogens is 360 g/mol. The predicted octanol–water partition coefficient (Wildman–Crippen LogP) is 5.47. The summed E-state index contributed by atoms with van der Waals surface area (Å²) < 4.78 is 5.54. The molecule has 0 bridgehead atoms. The molecule has 0 aromatic heterocycles. The van der Waals surface area contributed by atoms with Crippen LogP contribution in [0.3, 0.4) is 0 Å². The molecular formula is C21H28O3SSi. The van der Waals surface area contributed by atoms with Gasteiger partial charge in [-0.1, -0.05) is 43.9 Å². The molecule has 2 aromatic rings. The van der Waals surface area contributed by atoms with Crippen molar-refractivity contribution in [3.63, 3.8) is 0 Å². The van der Waals surface area contributed by atoms with Crippen molar-refractivity contribution < 1.29 is 14.6 Å². The lowest BCUT2D eigenvalue weighted by molar-refractivity contribution is -0.134. The fourth-order valence-corrected chi connectivity index (χ4v) is 4.39. The van der Waals surface area contributed by atoms with Gasteiger partial charge >= 0.3 is 5.97 Å². The fourth-order valence-electron chi connectivity index (χ4n) is 2.79. The molecule has 0 aliphatic heterocycles. The van der Waals surface area contributed by atoms with Crippen LogP contribution in [0.25, 0.3) is 11.1 Å². The summed E-state index contributed by atoms with van der Waals surface area (Å²) >= 11 is 4.52. The molecule has 0 aliphatic rings. The number of thiol groups is 1. The maximum absolute atomic E-state index is 12.1. The minimum absolute atomic E-state index is 0.000536. The molecule has 26 heavy (non-hydrogen) atoms. The molecule has 0 heterocycles. The molecule has 5 heteroatoms. The van der Waals surface area contributed by atoms with Gasteiger partial charge in [-0.15, -0.1) is 12.6 Å². The Labute approximate surface area is 162 Å². The average molecular weight is 389 g/mol. The molecule has 0 saturated carbocycles. The van der Waals surface area contributed by atoms with E-state index in [2.05, 4.69) is 32.3 Å². The zero-order valence-electron chi connectivity index (χ0n) is 16.0. The van der Waals surface area contributed by atoms with Gasteiger partial charge in [0, 0.05) is 19.4 Å². The summed E-state index contributed by atoms with van der Waals surface area (Å²) in [6.07, 6.45) is 1.36. The summed E-state index contributed by atoms with van der Waals surface area (Å²) in [7, 11) is -1.11. The molecule has 0 amide bonds. The first-order chi connectivity index (χ1) is 12.2. The lowest BCUT2D eigenvalue weighted by Crippen LogP contribution is -2.20. The largest absolute Gasteiger partial charge is 0.426 e. The number of esters is 1. The van der Waals surface area contributed by atoms with E-state index in [9.17, 15) is 9.90 Å². The number of aliphatic hydroxyl groups excluding tert-OH is 1. The zero-order valence-corrected chi connectivity index (χ0v) is 17.9. The smallest absolute Gasteiger partial charge is 0.311 e. The minimum Gasteiger partial charge on any atom is -0.426 e. The summed E-state index contributed by atoms with van der Waals surface area (Å²) in [5, 5.41) is 9.21. The molecule has 0 fully saturated rings. The van der Waals surface area contributed by atoms with Crippen LogP contribution in [0.4, 0.5) is 0 Å². The SMILES string of the molecule is Cc1cc(-c2ccc(CO)cc2S)ccc1OC(=O)CCC[Si](C)(C)C. The second-order valence-corrected chi connectivity index (χ2v) is 14.0. The van der Waals surface area contributed by atoms with Crippen LogP contribution in [0.1, 0.15) is 24.0 Å². The monoisotopic (exact) mass is 388 g/mol. The molecule has 0 unspecified atom stereocenters. The molecule has 3 nitrogen and oxygen atoms in total. The van der Waals surface area contributed by atoms with E-state index in [1.165, 1.54) is 0 Å². The second-order valence-electron chi connectivity index (χ2n) is 7.88. The average Bonchev–Trinajstić information content (AvgIpc) is 2.55. The van der Waals surface area contributed by atoms with Crippen LogP contribution in [0, 0.1) is 6.92 Å². The lowest BCUT2D eigenvalue weighted by atomic mass is 10.0. The number of aryl methyl sites for hydroxylation is 1. The Hall–Kier alpha value is -1.56. The quantitative estimate of drug-likeness (QED) is 0.286. The number of carbonyl (C=O) groups is 1. The minimum atomic E-state index is -1.11. The van der Waals surface area contributed by atoms with Crippen molar-refractivity contribution in [2.24, 2.45) is 0 Å². The van der Waals surface area contributed by atoms with Gasteiger partial charge in [0.05, 0.1) is 6.61 Å². The Morgan fingerprint density at radius 3 is 2.46 bits per heavy atom. The third kappa shape index (κ3) is 6.00. The molecule has 140 valence electrons. The first kappa shape index (κ1) is 20.7. The van der Waals surface area contributed by atoms with E-state index < -0.39 is 8.07 Å². The van der Waals surface area contributed by atoms with Crippen molar-refractivity contribution in [1.29, 1.82) is 0 Å². The van der Waals surface area contributed by atoms with Crippen molar-refractivity contribution in [3.8, 4) is 16.9 Å². The summed E-state index contributed by atoms with van der Waals surface area (Å²) in [5.41, 5.74) is 3.75. The first-order valence-corrected chi connectivity index (χ1v) is 13.1. The number of benzene rings is 2. The van der Waals surface area contributed by atoms with E-state index in [0.29, 0.717) is 12.2 Å². The van der Waals surface area contributed by atoms with Crippen molar-refractivity contribution in [2.45, 2.75) is 57.0 Å². The van der Waals surface area contributed by atoms with Gasteiger partial charge in [0.1, 0.15) is 5.75 Å². The van der Waals surface area contributed by atoms with Crippen LogP contribution in [0.2, 0.25) is 25.7 Å². The van der Waals surface area contributed by atoms with Crippen LogP contribution in [0.5, 0.6) is 5.75 Å². The maximum atomic E-state index is 12.1. The number of hydrogen-bond acceptors (Lipinski definition) is 4. The van der Waals surface area contributed by atoms with Crippen LogP contribution in [-0.2, 0) is 11.4 Å². The van der Waals surface area contributed by atoms with Gasteiger partial charge in [-0.25, -0.2) is 0 Å². The molecule has 0 radical (unpaired) electrons. The van der Waals surface area contributed by atoms with Crippen molar-refractivity contribution >= 4 is 26.7 Å². The van der Waals surface area contributed by atoms with Gasteiger partial charge in [-0.3, -0.25) is 4.79 Å². The summed E-state index contributed by atoms with van der Waals surface area (Å²) in [4.78, 5) is 12.9. The van der Waals surface area contributed by atoms with Crippen LogP contribution < -0.4 is 4.74 Å². The standard InChI is InChI=1S/C21H28O3SSi/c1-15-12-17(18-9-7-16(14-22)13-20(18)25)8-10-19(15)24-21(23)6-5-11-26(2,3)4/h7-10,12-13,22,25H,5-6,11,14H2,1-4H3. The fraction of sp³-hybridized carbons (Fsp3) is 0.381. The van der Waals surface area contributed by atoms with E-state index in [-0.39, 0.29) is 12.6 Å². The highest BCUT2D eigenvalue weighted by Crippen LogP contribution is 2.31. The topological polar surface area (TPSA) is 46.5 Å². The van der Waals surface area contributed by atoms with Crippen molar-refractivity contribution in [1.82, 2.24) is 0 Å². The van der Waals surface area contributed by atoms with Gasteiger partial charge < -0.3 is 9.84 Å². The molecule has 2 aromatic carbocycles. The maximum Gasteiger partial charge on any atom is 0.311 e. The third-order valence-corrected chi connectivity index (χ3v) is 6.49. The number of hydrogen-bond donors (Lipinski definition) is 2. The van der Waals surface area contributed by atoms with Gasteiger partial charge in [0.15, 0.2) is 0 Å². The Kier molecular flexibility index (Phi) is 7.09. The molecule has 2 rings (SSSR count). The third-order valence-electron chi connectivity index (χ3n) is 4.26. The highest BCUT2D eigenvalue weighted by molar-refractivity contribution is 7.80. The van der Waals surface area contributed by atoms with Crippen LogP contribution >= 0.6 is 12.6 Å². The van der Waals surface area contributed by atoms with Crippen molar-refractivity contribution in [2.75, 3.05) is 0 Å². The van der Waals surface area contributed by atoms with E-state index in [0.717, 1.165) is 39.6 Å². The molecule has 0 atom stereocenters.